The zero-order valence-corrected chi connectivity index (χ0v) is 9.74. The van der Waals surface area contributed by atoms with Gasteiger partial charge in [0.2, 0.25) is 0 Å². The van der Waals surface area contributed by atoms with Crippen LogP contribution in [0.15, 0.2) is 34.8 Å². The first-order valence-corrected chi connectivity index (χ1v) is 6.26. The summed E-state index contributed by atoms with van der Waals surface area (Å²) in [6.45, 7) is 0. The Morgan fingerprint density at radius 3 is 3.19 bits per heavy atom. The second kappa shape index (κ2) is 5.61. The molecule has 16 heavy (non-hydrogen) atoms. The van der Waals surface area contributed by atoms with Gasteiger partial charge in [0, 0.05) is 6.21 Å². The van der Waals surface area contributed by atoms with Crippen LogP contribution in [0.4, 0.5) is 0 Å². The first-order valence-electron chi connectivity index (χ1n) is 5.38. The summed E-state index contributed by atoms with van der Waals surface area (Å²) in [5.74, 6) is 0.339. The third kappa shape index (κ3) is 3.03. The number of hydrogen-bond acceptors (Lipinski definition) is 3. The quantitative estimate of drug-likeness (QED) is 0.487. The van der Waals surface area contributed by atoms with Crippen molar-refractivity contribution in [2.45, 2.75) is 19.3 Å². The lowest BCUT2D eigenvalue weighted by molar-refractivity contribution is 0.0959. The van der Waals surface area contributed by atoms with Gasteiger partial charge in [0.05, 0.1) is 4.88 Å². The van der Waals surface area contributed by atoms with Crippen LogP contribution < -0.4 is 5.43 Å². The molecule has 0 bridgehead atoms. The van der Waals surface area contributed by atoms with E-state index in [1.165, 1.54) is 11.3 Å². The highest BCUT2D eigenvalue weighted by molar-refractivity contribution is 7.12. The average Bonchev–Trinajstić information content (AvgIpc) is 2.84. The highest BCUT2D eigenvalue weighted by Crippen LogP contribution is 2.15. The van der Waals surface area contributed by atoms with Gasteiger partial charge < -0.3 is 0 Å². The fourth-order valence-corrected chi connectivity index (χ4v) is 2.23. The molecule has 1 amide bonds. The zero-order chi connectivity index (χ0) is 11.2. The summed E-state index contributed by atoms with van der Waals surface area (Å²) < 4.78 is 0. The summed E-state index contributed by atoms with van der Waals surface area (Å²) in [5, 5.41) is 5.88. The van der Waals surface area contributed by atoms with E-state index in [1.54, 1.807) is 6.07 Å². The minimum Gasteiger partial charge on any atom is -0.266 e. The Hall–Kier alpha value is -1.42. The van der Waals surface area contributed by atoms with Crippen molar-refractivity contribution in [1.29, 1.82) is 0 Å². The molecule has 1 aliphatic carbocycles. The standard InChI is InChI=1S/C12H14N2OS/c15-12(11-7-4-8-16-11)14-13-9-10-5-2-1-3-6-10/h1-2,4,7-10H,3,5-6H2,(H,14,15). The van der Waals surface area contributed by atoms with Gasteiger partial charge in [-0.3, -0.25) is 4.79 Å². The highest BCUT2D eigenvalue weighted by atomic mass is 32.1. The van der Waals surface area contributed by atoms with E-state index in [-0.39, 0.29) is 5.91 Å². The predicted molar refractivity (Wildman–Crippen MR) is 66.8 cm³/mol. The Labute approximate surface area is 98.9 Å². The average molecular weight is 234 g/mol. The maximum atomic E-state index is 11.5. The molecule has 3 nitrogen and oxygen atoms in total. The molecule has 1 unspecified atom stereocenters. The van der Waals surface area contributed by atoms with E-state index < -0.39 is 0 Å². The van der Waals surface area contributed by atoms with Crippen molar-refractivity contribution in [3.05, 3.63) is 34.5 Å². The monoisotopic (exact) mass is 234 g/mol. The smallest absolute Gasteiger partial charge is 0.266 e. The van der Waals surface area contributed by atoms with Crippen molar-refractivity contribution in [2.75, 3.05) is 0 Å². The second-order valence-electron chi connectivity index (χ2n) is 3.74. The summed E-state index contributed by atoms with van der Waals surface area (Å²) in [4.78, 5) is 12.2. The number of nitrogens with zero attached hydrogens (tertiary/aromatic N) is 1. The molecule has 0 aliphatic heterocycles. The van der Waals surface area contributed by atoms with Crippen LogP contribution in [0.1, 0.15) is 28.9 Å². The van der Waals surface area contributed by atoms with Gasteiger partial charge in [-0.05, 0) is 36.6 Å². The molecule has 1 aliphatic rings. The van der Waals surface area contributed by atoms with Crippen molar-refractivity contribution >= 4 is 23.5 Å². The van der Waals surface area contributed by atoms with Crippen molar-refractivity contribution in [1.82, 2.24) is 5.43 Å². The van der Waals surface area contributed by atoms with Gasteiger partial charge in [-0.15, -0.1) is 11.3 Å². The lowest BCUT2D eigenvalue weighted by Gasteiger charge is -2.11. The summed E-state index contributed by atoms with van der Waals surface area (Å²) in [5.41, 5.74) is 2.55. The SMILES string of the molecule is O=C(NN=CC1CC=CCC1)c1cccs1. The first-order chi connectivity index (χ1) is 7.86. The van der Waals surface area contributed by atoms with E-state index in [9.17, 15) is 4.79 Å². The van der Waals surface area contributed by atoms with Crippen LogP contribution in [0.3, 0.4) is 0 Å². The molecule has 0 aromatic carbocycles. The molecule has 1 aromatic heterocycles. The third-order valence-corrected chi connectivity index (χ3v) is 3.37. The largest absolute Gasteiger partial charge is 0.281 e. The number of rotatable bonds is 3. The van der Waals surface area contributed by atoms with Crippen LogP contribution in [0.5, 0.6) is 0 Å². The maximum Gasteiger partial charge on any atom is 0.281 e. The Bertz CT molecular complexity index is 395. The normalized spacial score (nSPS) is 20.1. The van der Waals surface area contributed by atoms with E-state index in [0.717, 1.165) is 19.3 Å². The van der Waals surface area contributed by atoms with Crippen LogP contribution in [0.2, 0.25) is 0 Å². The number of carbonyl (C=O) groups is 1. The third-order valence-electron chi connectivity index (χ3n) is 2.51. The second-order valence-corrected chi connectivity index (χ2v) is 4.69. The predicted octanol–water partition coefficient (Wildman–Crippen LogP) is 2.82. The van der Waals surface area contributed by atoms with Gasteiger partial charge in [-0.25, -0.2) is 5.43 Å². The number of allylic oxidation sites excluding steroid dienone is 2. The molecule has 1 atom stereocenters. The molecule has 84 valence electrons. The van der Waals surface area contributed by atoms with Crippen LogP contribution in [-0.4, -0.2) is 12.1 Å². The molecular weight excluding hydrogens is 220 g/mol. The molecule has 1 heterocycles. The molecule has 4 heteroatoms. The molecule has 0 saturated heterocycles. The van der Waals surface area contributed by atoms with Crippen LogP contribution in [0.25, 0.3) is 0 Å². The number of carbonyl (C=O) groups excluding carboxylic acids is 1. The molecule has 1 N–H and O–H groups in total. The Balaban J connectivity index is 1.80. The lowest BCUT2D eigenvalue weighted by atomic mass is 9.96. The summed E-state index contributed by atoms with van der Waals surface area (Å²) in [6, 6.07) is 3.65. The molecule has 0 radical (unpaired) electrons. The van der Waals surface area contributed by atoms with Gasteiger partial charge >= 0.3 is 0 Å². The minimum atomic E-state index is -0.127. The zero-order valence-electron chi connectivity index (χ0n) is 8.93. The molecular formula is C12H14N2OS. The highest BCUT2D eigenvalue weighted by Gasteiger charge is 2.07. The van der Waals surface area contributed by atoms with Crippen LogP contribution in [0, 0.1) is 5.92 Å². The maximum absolute atomic E-state index is 11.5. The fraction of sp³-hybridized carbons (Fsp3) is 0.333. The topological polar surface area (TPSA) is 41.5 Å². The fourth-order valence-electron chi connectivity index (χ4n) is 1.62. The first kappa shape index (κ1) is 11.1. The van der Waals surface area contributed by atoms with E-state index in [1.807, 2.05) is 17.7 Å². The van der Waals surface area contributed by atoms with Gasteiger partial charge in [0.25, 0.3) is 5.91 Å². The summed E-state index contributed by atoms with van der Waals surface area (Å²) in [7, 11) is 0. The number of nitrogens with one attached hydrogen (secondary N) is 1. The molecule has 2 rings (SSSR count). The van der Waals surface area contributed by atoms with Crippen molar-refractivity contribution in [2.24, 2.45) is 11.0 Å². The Morgan fingerprint density at radius 2 is 2.50 bits per heavy atom. The van der Waals surface area contributed by atoms with E-state index in [4.69, 9.17) is 0 Å². The van der Waals surface area contributed by atoms with Gasteiger partial charge in [-0.1, -0.05) is 18.2 Å². The number of hydrogen-bond donors (Lipinski definition) is 1. The van der Waals surface area contributed by atoms with E-state index >= 15 is 0 Å². The Kier molecular flexibility index (Phi) is 3.88. The van der Waals surface area contributed by atoms with Crippen LogP contribution in [-0.2, 0) is 0 Å². The summed E-state index contributed by atoms with van der Waals surface area (Å²) >= 11 is 1.42. The molecule has 1 aromatic rings. The molecule has 0 saturated carbocycles. The lowest BCUT2D eigenvalue weighted by Crippen LogP contribution is -2.17. The van der Waals surface area contributed by atoms with E-state index in [0.29, 0.717) is 10.8 Å². The van der Waals surface area contributed by atoms with Gasteiger partial charge in [0.15, 0.2) is 0 Å². The van der Waals surface area contributed by atoms with E-state index in [2.05, 4.69) is 22.7 Å². The van der Waals surface area contributed by atoms with Crippen molar-refractivity contribution in [3.63, 3.8) is 0 Å². The molecule has 0 spiro atoms. The van der Waals surface area contributed by atoms with Gasteiger partial charge in [0.1, 0.15) is 0 Å². The van der Waals surface area contributed by atoms with Crippen molar-refractivity contribution < 1.29 is 4.79 Å². The number of thiophene rings is 1. The summed E-state index contributed by atoms with van der Waals surface area (Å²) in [6.07, 6.45) is 9.45. The van der Waals surface area contributed by atoms with Crippen LogP contribution >= 0.6 is 11.3 Å². The van der Waals surface area contributed by atoms with Crippen molar-refractivity contribution in [3.8, 4) is 0 Å². The number of amides is 1. The minimum absolute atomic E-state index is 0.127. The Morgan fingerprint density at radius 1 is 1.56 bits per heavy atom. The number of hydrazone groups is 1. The molecule has 0 fully saturated rings. The van der Waals surface area contributed by atoms with Gasteiger partial charge in [-0.2, -0.15) is 5.10 Å².